The first kappa shape index (κ1) is 32.0. The quantitative estimate of drug-likeness (QED) is 0.288. The third-order valence-electron chi connectivity index (χ3n) is 9.32. The zero-order chi connectivity index (χ0) is 35.1. The van der Waals surface area contributed by atoms with Crippen molar-refractivity contribution in [1.29, 1.82) is 0 Å². The first-order valence-electron chi connectivity index (χ1n) is 16.6. The molecule has 2 aliphatic heterocycles. The minimum Gasteiger partial charge on any atom is -0.365 e. The Hall–Kier alpha value is -6.25. The number of carbonyl (C=O) groups is 2. The number of rotatable bonds is 4. The van der Waals surface area contributed by atoms with Gasteiger partial charge in [0.1, 0.15) is 42.1 Å². The van der Waals surface area contributed by atoms with Crippen molar-refractivity contribution < 1.29 is 18.4 Å². The summed E-state index contributed by atoms with van der Waals surface area (Å²) in [5.74, 6) is -0.657. The summed E-state index contributed by atoms with van der Waals surface area (Å²) in [7, 11) is 1.76. The molecule has 0 saturated carbocycles. The molecule has 4 bridgehead atoms. The Morgan fingerprint density at radius 2 is 1.86 bits per heavy atom. The van der Waals surface area contributed by atoms with Gasteiger partial charge in [0.05, 0.1) is 23.0 Å². The number of aromatic nitrogens is 7. The molecule has 15 heteroatoms. The Labute approximate surface area is 291 Å². The zero-order valence-electron chi connectivity index (χ0n) is 27.6. The number of likely N-dealkylation sites (N-methyl/N-ethyl adjacent to an activating group) is 1. The number of fused-ring (bicyclic) bond motifs is 7. The van der Waals surface area contributed by atoms with Gasteiger partial charge in [-0.25, -0.2) is 28.4 Å². The maximum Gasteiger partial charge on any atom is 0.248 e. The smallest absolute Gasteiger partial charge is 0.248 e. The van der Waals surface area contributed by atoms with Crippen LogP contribution < -0.4 is 15.1 Å². The van der Waals surface area contributed by atoms with Crippen LogP contribution in [-0.4, -0.2) is 90.0 Å². The second-order valence-corrected chi connectivity index (χ2v) is 12.6. The summed E-state index contributed by atoms with van der Waals surface area (Å²) in [6, 6.07) is 17.6. The summed E-state index contributed by atoms with van der Waals surface area (Å²) in [4.78, 5) is 47.4. The van der Waals surface area contributed by atoms with Crippen LogP contribution in [0.1, 0.15) is 12.8 Å². The van der Waals surface area contributed by atoms with Gasteiger partial charge in [-0.1, -0.05) is 24.3 Å². The van der Waals surface area contributed by atoms with Crippen LogP contribution >= 0.6 is 0 Å². The monoisotopic (exact) mass is 689 g/mol. The fraction of sp³-hybridized carbons (Fsp3) is 0.250. The molecule has 1 fully saturated rings. The minimum atomic E-state index is -0.785. The number of anilines is 3. The predicted molar refractivity (Wildman–Crippen MR) is 186 cm³/mol. The molecule has 1 saturated heterocycles. The summed E-state index contributed by atoms with van der Waals surface area (Å²) in [5.41, 5.74) is 2.58. The highest BCUT2D eigenvalue weighted by atomic mass is 19.1. The van der Waals surface area contributed by atoms with Crippen molar-refractivity contribution in [1.82, 2.24) is 39.4 Å². The largest absolute Gasteiger partial charge is 0.365 e. The van der Waals surface area contributed by atoms with Crippen molar-refractivity contribution in [2.45, 2.75) is 31.5 Å². The molecule has 2 amide bonds. The van der Waals surface area contributed by atoms with Crippen molar-refractivity contribution in [2.75, 3.05) is 41.8 Å². The molecule has 8 rings (SSSR count). The highest BCUT2D eigenvalue weighted by molar-refractivity contribution is 5.97. The van der Waals surface area contributed by atoms with Crippen molar-refractivity contribution in [2.24, 2.45) is 0 Å². The molecule has 51 heavy (non-hydrogen) atoms. The van der Waals surface area contributed by atoms with E-state index in [9.17, 15) is 18.4 Å². The van der Waals surface area contributed by atoms with E-state index in [1.165, 1.54) is 23.3 Å². The molecule has 0 aliphatic carbocycles. The molecule has 2 atom stereocenters. The Balaban J connectivity index is 1.16. The van der Waals surface area contributed by atoms with Gasteiger partial charge in [-0.05, 0) is 49.2 Å². The number of hydrogen-bond donors (Lipinski definition) is 1. The zero-order valence-corrected chi connectivity index (χ0v) is 27.6. The molecule has 258 valence electrons. The van der Waals surface area contributed by atoms with Gasteiger partial charge >= 0.3 is 0 Å². The number of nitrogens with one attached hydrogen (secondary N) is 1. The standard InChI is InChI=1S/C36H33F2N11O2/c1-45-14-6-16-47(33(50)21-46-15-5-13-41-46)29-9-3-2-7-25(29)28-8-4-10-32(44-28)43-24-18-31(36(45)51)48(20-24)34-26-19-42-49(35(26)40-22-39-34)30-12-11-23(37)17-27(30)38/h2-5,7-13,15,17,19,22,24,31H,6,14,16,18,20-21H2,1H3,(H,43,44)/t24-,31?/m0/s1. The molecular formula is C36H33F2N11O2. The lowest BCUT2D eigenvalue weighted by atomic mass is 10.1. The molecular weight excluding hydrogens is 656 g/mol. The highest BCUT2D eigenvalue weighted by Gasteiger charge is 2.40. The van der Waals surface area contributed by atoms with Crippen LogP contribution in [0.3, 0.4) is 0 Å². The van der Waals surface area contributed by atoms with Crippen LogP contribution in [0.5, 0.6) is 0 Å². The third kappa shape index (κ3) is 6.11. The van der Waals surface area contributed by atoms with Crippen LogP contribution in [0.15, 0.2) is 91.6 Å². The number of carbonyl (C=O) groups excluding carboxylic acids is 2. The van der Waals surface area contributed by atoms with Crippen molar-refractivity contribution >= 4 is 40.2 Å². The van der Waals surface area contributed by atoms with E-state index in [1.807, 2.05) is 47.4 Å². The van der Waals surface area contributed by atoms with E-state index in [0.717, 1.165) is 23.4 Å². The SMILES string of the molecule is CN1CCCN(C(=O)Cn2cccn2)c2ccccc2-c2cccc(n2)N[C@H]2CC(C1=O)N(c1ncnc3c1cnn3-c1ccc(F)cc1F)C2. The van der Waals surface area contributed by atoms with Crippen LogP contribution in [0.4, 0.5) is 26.1 Å². The fourth-order valence-electron chi connectivity index (χ4n) is 6.93. The van der Waals surface area contributed by atoms with Gasteiger partial charge < -0.3 is 20.0 Å². The normalized spacial score (nSPS) is 17.9. The average Bonchev–Trinajstić information content (AvgIpc) is 3.90. The molecule has 6 aromatic rings. The van der Waals surface area contributed by atoms with E-state index in [2.05, 4.69) is 25.5 Å². The lowest BCUT2D eigenvalue weighted by Crippen LogP contribution is -2.45. The molecule has 6 heterocycles. The van der Waals surface area contributed by atoms with Gasteiger partial charge in [0, 0.05) is 56.7 Å². The van der Waals surface area contributed by atoms with Crippen molar-refractivity contribution in [3.05, 3.63) is 103 Å². The molecule has 2 aromatic carbocycles. The van der Waals surface area contributed by atoms with E-state index in [4.69, 9.17) is 4.98 Å². The summed E-state index contributed by atoms with van der Waals surface area (Å²) in [6.07, 6.45) is 7.23. The summed E-state index contributed by atoms with van der Waals surface area (Å²) in [6.45, 7) is 1.21. The predicted octanol–water partition coefficient (Wildman–Crippen LogP) is 4.31. The molecule has 0 spiro atoms. The van der Waals surface area contributed by atoms with Gasteiger partial charge in [-0.15, -0.1) is 0 Å². The van der Waals surface area contributed by atoms with E-state index >= 15 is 0 Å². The van der Waals surface area contributed by atoms with Gasteiger partial charge in [0.15, 0.2) is 11.5 Å². The lowest BCUT2D eigenvalue weighted by Gasteiger charge is -2.30. The minimum absolute atomic E-state index is 0.0375. The van der Waals surface area contributed by atoms with Gasteiger partial charge in [-0.2, -0.15) is 10.2 Å². The van der Waals surface area contributed by atoms with Crippen LogP contribution in [0.2, 0.25) is 0 Å². The summed E-state index contributed by atoms with van der Waals surface area (Å²) in [5, 5.41) is 12.7. The molecule has 2 aliphatic rings. The first-order chi connectivity index (χ1) is 24.8. The van der Waals surface area contributed by atoms with Crippen molar-refractivity contribution in [3.63, 3.8) is 0 Å². The van der Waals surface area contributed by atoms with Crippen LogP contribution in [0.25, 0.3) is 28.0 Å². The number of nitrogens with zero attached hydrogens (tertiary/aromatic N) is 10. The number of amides is 2. The van der Waals surface area contributed by atoms with Gasteiger partial charge in [0.25, 0.3) is 0 Å². The average molecular weight is 690 g/mol. The first-order valence-corrected chi connectivity index (χ1v) is 16.6. The van der Waals surface area contributed by atoms with Gasteiger partial charge in [0.2, 0.25) is 11.8 Å². The number of benzene rings is 2. The highest BCUT2D eigenvalue weighted by Crippen LogP contribution is 2.35. The van der Waals surface area contributed by atoms with E-state index in [-0.39, 0.29) is 30.1 Å². The molecule has 0 radical (unpaired) electrons. The Kier molecular flexibility index (Phi) is 8.29. The number of hydrogen-bond acceptors (Lipinski definition) is 9. The third-order valence-corrected chi connectivity index (χ3v) is 9.32. The fourth-order valence-corrected chi connectivity index (χ4v) is 6.93. The Morgan fingerprint density at radius 1 is 0.980 bits per heavy atom. The maximum atomic E-state index is 14.8. The number of pyridine rings is 1. The molecule has 1 N–H and O–H groups in total. The molecule has 4 aromatic heterocycles. The number of para-hydroxylation sites is 1. The van der Waals surface area contributed by atoms with E-state index in [0.29, 0.717) is 60.8 Å². The van der Waals surface area contributed by atoms with E-state index < -0.39 is 17.7 Å². The second kappa shape index (κ2) is 13.2. The van der Waals surface area contributed by atoms with Gasteiger partial charge in [-0.3, -0.25) is 14.3 Å². The van der Waals surface area contributed by atoms with Crippen molar-refractivity contribution in [3.8, 4) is 16.9 Å². The number of halogens is 2. The van der Waals surface area contributed by atoms with Crippen LogP contribution in [-0.2, 0) is 16.1 Å². The second-order valence-electron chi connectivity index (χ2n) is 12.6. The Bertz CT molecular complexity index is 2240. The summed E-state index contributed by atoms with van der Waals surface area (Å²) >= 11 is 0. The van der Waals surface area contributed by atoms with Crippen LogP contribution in [0, 0.1) is 11.6 Å². The Morgan fingerprint density at radius 3 is 2.71 bits per heavy atom. The van der Waals surface area contributed by atoms with E-state index in [1.54, 1.807) is 40.0 Å². The maximum absolute atomic E-state index is 14.8. The summed E-state index contributed by atoms with van der Waals surface area (Å²) < 4.78 is 31.4. The molecule has 1 unspecified atom stereocenters. The lowest BCUT2D eigenvalue weighted by molar-refractivity contribution is -0.131. The molecule has 13 nitrogen and oxygen atoms in total. The topological polar surface area (TPSA) is 130 Å².